The number of carbonyl (C=O) groups is 2. The van der Waals surface area contributed by atoms with Gasteiger partial charge in [-0.3, -0.25) is 9.59 Å². The van der Waals surface area contributed by atoms with E-state index < -0.39 is 0 Å². The smallest absolute Gasteiger partial charge is 0.292 e. The lowest BCUT2D eigenvalue weighted by molar-refractivity contribution is -0.680. The second-order valence-corrected chi connectivity index (χ2v) is 5.90. The molecule has 0 saturated carbocycles. The fourth-order valence-corrected chi connectivity index (χ4v) is 2.97. The minimum atomic E-state index is -0.336. The van der Waals surface area contributed by atoms with Crippen molar-refractivity contribution in [2.75, 3.05) is 18.1 Å². The Morgan fingerprint density at radius 1 is 1.29 bits per heavy atom. The van der Waals surface area contributed by atoms with Crippen LogP contribution in [0, 0.1) is 0 Å². The molecule has 0 radical (unpaired) electrons. The third-order valence-electron chi connectivity index (χ3n) is 3.97. The highest BCUT2D eigenvalue weighted by molar-refractivity contribution is 6.30. The highest BCUT2D eigenvalue weighted by Gasteiger charge is 2.42. The molecule has 21 heavy (non-hydrogen) atoms. The molecule has 1 aromatic carbocycles. The van der Waals surface area contributed by atoms with Crippen LogP contribution in [0.5, 0.6) is 0 Å². The first-order valence-corrected chi connectivity index (χ1v) is 7.60. The summed E-state index contributed by atoms with van der Waals surface area (Å²) in [5.41, 5.74) is 0.586. The molecule has 2 fully saturated rings. The molecule has 2 aliphatic rings. The van der Waals surface area contributed by atoms with Crippen molar-refractivity contribution >= 4 is 29.1 Å². The molecule has 2 saturated heterocycles. The molecule has 6 heteroatoms. The monoisotopic (exact) mass is 309 g/mol. The van der Waals surface area contributed by atoms with Gasteiger partial charge in [0.1, 0.15) is 12.6 Å². The largest absolute Gasteiger partial charge is 0.372 e. The first-order chi connectivity index (χ1) is 10.1. The van der Waals surface area contributed by atoms with Gasteiger partial charge < -0.3 is 10.1 Å². The van der Waals surface area contributed by atoms with E-state index in [2.05, 4.69) is 0 Å². The third-order valence-corrected chi connectivity index (χ3v) is 4.23. The van der Waals surface area contributed by atoms with Gasteiger partial charge in [0.05, 0.1) is 12.1 Å². The van der Waals surface area contributed by atoms with E-state index in [0.717, 1.165) is 26.0 Å². The number of amides is 2. The molecule has 0 spiro atoms. The highest BCUT2D eigenvalue weighted by Crippen LogP contribution is 2.23. The number of halogens is 1. The van der Waals surface area contributed by atoms with Crippen molar-refractivity contribution in [3.8, 4) is 0 Å². The molecule has 0 bridgehead atoms. The van der Waals surface area contributed by atoms with Crippen LogP contribution in [0.15, 0.2) is 24.3 Å². The summed E-state index contributed by atoms with van der Waals surface area (Å²) in [5.74, 6) is -0.309. The Hall–Kier alpha value is -1.43. The topological polar surface area (TPSA) is 63.2 Å². The van der Waals surface area contributed by atoms with Crippen LogP contribution in [0.2, 0.25) is 5.02 Å². The molecular formula is C15H18ClN2O3+. The van der Waals surface area contributed by atoms with Crippen LogP contribution in [-0.2, 0) is 14.3 Å². The Balaban J connectivity index is 1.65. The number of ether oxygens (including phenoxy) is 1. The van der Waals surface area contributed by atoms with Crippen molar-refractivity contribution in [2.45, 2.75) is 31.4 Å². The zero-order chi connectivity index (χ0) is 14.8. The van der Waals surface area contributed by atoms with E-state index in [1.807, 2.05) is 5.32 Å². The minimum Gasteiger partial charge on any atom is -0.372 e. The van der Waals surface area contributed by atoms with Crippen LogP contribution in [0.4, 0.5) is 5.69 Å². The minimum absolute atomic E-state index is 0.152. The molecule has 1 aromatic rings. The summed E-state index contributed by atoms with van der Waals surface area (Å²) in [6, 6.07) is 6.42. The molecule has 2 heterocycles. The number of imide groups is 1. The number of nitrogens with two attached hydrogens (primary N) is 1. The second-order valence-electron chi connectivity index (χ2n) is 5.46. The molecule has 0 aliphatic carbocycles. The lowest BCUT2D eigenvalue weighted by Crippen LogP contribution is -2.93. The molecule has 112 valence electrons. The number of benzene rings is 1. The van der Waals surface area contributed by atoms with Gasteiger partial charge in [-0.25, -0.2) is 4.90 Å². The third kappa shape index (κ3) is 3.10. The fourth-order valence-electron chi connectivity index (χ4n) is 2.85. The van der Waals surface area contributed by atoms with Crippen LogP contribution in [0.3, 0.4) is 0 Å². The zero-order valence-corrected chi connectivity index (χ0v) is 12.4. The van der Waals surface area contributed by atoms with Crippen LogP contribution in [0.25, 0.3) is 0 Å². The number of hydrogen-bond acceptors (Lipinski definition) is 3. The summed E-state index contributed by atoms with van der Waals surface area (Å²) >= 11 is 5.83. The fraction of sp³-hybridized carbons (Fsp3) is 0.467. The maximum absolute atomic E-state index is 12.4. The Morgan fingerprint density at radius 3 is 2.71 bits per heavy atom. The summed E-state index contributed by atoms with van der Waals surface area (Å²) in [6.07, 6.45) is 2.56. The van der Waals surface area contributed by atoms with Gasteiger partial charge >= 0.3 is 0 Å². The van der Waals surface area contributed by atoms with Gasteiger partial charge in [-0.1, -0.05) is 11.6 Å². The Morgan fingerprint density at radius 2 is 2.05 bits per heavy atom. The molecule has 0 aromatic heterocycles. The number of nitrogens with zero attached hydrogens (tertiary/aromatic N) is 1. The highest BCUT2D eigenvalue weighted by atomic mass is 35.5. The Labute approximate surface area is 128 Å². The van der Waals surface area contributed by atoms with Crippen molar-refractivity contribution in [3.63, 3.8) is 0 Å². The molecular weight excluding hydrogens is 292 g/mol. The molecule has 2 atom stereocenters. The zero-order valence-electron chi connectivity index (χ0n) is 11.6. The number of anilines is 1. The normalized spacial score (nSPS) is 25.9. The van der Waals surface area contributed by atoms with Crippen molar-refractivity contribution in [1.29, 1.82) is 0 Å². The van der Waals surface area contributed by atoms with E-state index in [4.69, 9.17) is 16.3 Å². The van der Waals surface area contributed by atoms with E-state index >= 15 is 0 Å². The van der Waals surface area contributed by atoms with Crippen LogP contribution in [0.1, 0.15) is 19.3 Å². The van der Waals surface area contributed by atoms with E-state index in [-0.39, 0.29) is 30.4 Å². The summed E-state index contributed by atoms with van der Waals surface area (Å²) in [6.45, 7) is 1.53. The van der Waals surface area contributed by atoms with Crippen molar-refractivity contribution < 1.29 is 19.6 Å². The van der Waals surface area contributed by atoms with Crippen molar-refractivity contribution in [2.24, 2.45) is 0 Å². The number of carbonyl (C=O) groups excluding carboxylic acids is 2. The van der Waals surface area contributed by atoms with Crippen LogP contribution >= 0.6 is 11.6 Å². The Kier molecular flexibility index (Phi) is 4.24. The van der Waals surface area contributed by atoms with E-state index in [9.17, 15) is 9.59 Å². The summed E-state index contributed by atoms with van der Waals surface area (Å²) in [5, 5.41) is 2.52. The van der Waals surface area contributed by atoms with E-state index in [1.165, 1.54) is 4.90 Å². The first kappa shape index (κ1) is 14.5. The van der Waals surface area contributed by atoms with E-state index in [0.29, 0.717) is 10.7 Å². The van der Waals surface area contributed by atoms with Gasteiger partial charge in [-0.2, -0.15) is 0 Å². The predicted molar refractivity (Wildman–Crippen MR) is 78.1 cm³/mol. The number of quaternary nitrogens is 1. The lowest BCUT2D eigenvalue weighted by Gasteiger charge is -2.15. The maximum Gasteiger partial charge on any atom is 0.292 e. The SMILES string of the molecule is O=C1C[C@@H]([NH2+]C[C@@H]2CCCO2)C(=O)N1c1ccc(Cl)cc1. The Bertz CT molecular complexity index is 540. The lowest BCUT2D eigenvalue weighted by atomic mass is 10.2. The summed E-state index contributed by atoms with van der Waals surface area (Å²) < 4.78 is 5.54. The molecule has 2 N–H and O–H groups in total. The van der Waals surface area contributed by atoms with Crippen molar-refractivity contribution in [1.82, 2.24) is 0 Å². The molecule has 2 aliphatic heterocycles. The first-order valence-electron chi connectivity index (χ1n) is 7.22. The van der Waals surface area contributed by atoms with Crippen molar-refractivity contribution in [3.05, 3.63) is 29.3 Å². The number of hydrogen-bond donors (Lipinski definition) is 1. The average molecular weight is 310 g/mol. The van der Waals surface area contributed by atoms with E-state index in [1.54, 1.807) is 24.3 Å². The second kappa shape index (κ2) is 6.13. The number of rotatable bonds is 4. The standard InChI is InChI=1S/C15H17ClN2O3/c16-10-3-5-11(6-4-10)18-14(19)8-13(15(18)20)17-9-12-2-1-7-21-12/h3-6,12-13,17H,1-2,7-9H2/p+1/t12-,13+/m0/s1. The quantitative estimate of drug-likeness (QED) is 0.833. The van der Waals surface area contributed by atoms with Gasteiger partial charge in [0.15, 0.2) is 6.04 Å². The van der Waals surface area contributed by atoms with Gasteiger partial charge in [-0.15, -0.1) is 0 Å². The average Bonchev–Trinajstić information content (AvgIpc) is 3.07. The predicted octanol–water partition coefficient (Wildman–Crippen LogP) is 0.714. The molecule has 2 amide bonds. The van der Waals surface area contributed by atoms with Gasteiger partial charge in [0, 0.05) is 11.6 Å². The maximum atomic E-state index is 12.4. The summed E-state index contributed by atoms with van der Waals surface area (Å²) in [4.78, 5) is 25.8. The van der Waals surface area contributed by atoms with Crippen LogP contribution in [-0.4, -0.2) is 37.1 Å². The van der Waals surface area contributed by atoms with Crippen LogP contribution < -0.4 is 10.2 Å². The van der Waals surface area contributed by atoms with Gasteiger partial charge in [-0.05, 0) is 37.1 Å². The molecule has 3 rings (SSSR count). The van der Waals surface area contributed by atoms with Gasteiger partial charge in [0.2, 0.25) is 5.91 Å². The van der Waals surface area contributed by atoms with Gasteiger partial charge in [0.25, 0.3) is 5.91 Å². The summed E-state index contributed by atoms with van der Waals surface area (Å²) in [7, 11) is 0. The molecule has 0 unspecified atom stereocenters. The molecule has 5 nitrogen and oxygen atoms in total.